The van der Waals surface area contributed by atoms with Gasteiger partial charge in [0.2, 0.25) is 0 Å². The van der Waals surface area contributed by atoms with E-state index in [9.17, 15) is 14.1 Å². The summed E-state index contributed by atoms with van der Waals surface area (Å²) >= 11 is 0. The molecule has 4 nitrogen and oxygen atoms in total. The minimum absolute atomic E-state index is 0.0153. The summed E-state index contributed by atoms with van der Waals surface area (Å²) in [4.78, 5) is 12.6. The van der Waals surface area contributed by atoms with Crippen LogP contribution in [-0.2, 0) is 17.8 Å². The predicted molar refractivity (Wildman–Crippen MR) is 84.1 cm³/mol. The lowest BCUT2D eigenvalue weighted by Crippen LogP contribution is -2.27. The highest BCUT2D eigenvalue weighted by Crippen LogP contribution is 2.32. The number of aromatic hydroxyl groups is 1. The number of aryl methyl sites for hydroxylation is 1. The van der Waals surface area contributed by atoms with Crippen molar-refractivity contribution in [2.75, 3.05) is 0 Å². The van der Waals surface area contributed by atoms with E-state index >= 15 is 0 Å². The van der Waals surface area contributed by atoms with Gasteiger partial charge in [-0.15, -0.1) is 0 Å². The van der Waals surface area contributed by atoms with Gasteiger partial charge in [0.15, 0.2) is 0 Å². The molecule has 1 unspecified atom stereocenters. The predicted octanol–water partition coefficient (Wildman–Crippen LogP) is 2.68. The lowest BCUT2D eigenvalue weighted by molar-refractivity contribution is 0.460. The van der Waals surface area contributed by atoms with E-state index in [1.165, 1.54) is 4.57 Å². The van der Waals surface area contributed by atoms with Crippen LogP contribution in [0, 0.1) is 0 Å². The summed E-state index contributed by atoms with van der Waals surface area (Å²) in [5.74, 6) is -0.113. The largest absolute Gasteiger partial charge is 0.506 e. The maximum absolute atomic E-state index is 12.8. The quantitative estimate of drug-likeness (QED) is 0.928. The Morgan fingerprint density at radius 1 is 1.19 bits per heavy atom. The molecule has 5 heteroatoms. The number of aromatic nitrogens is 1. The molecule has 1 aromatic heterocycles. The van der Waals surface area contributed by atoms with Crippen LogP contribution in [0.5, 0.6) is 5.75 Å². The molecule has 0 spiro atoms. The second-order valence-electron chi connectivity index (χ2n) is 5.62. The summed E-state index contributed by atoms with van der Waals surface area (Å²) in [7, 11) is 0.216. The summed E-state index contributed by atoms with van der Waals surface area (Å²) in [5, 5.41) is 11.0. The van der Waals surface area contributed by atoms with E-state index in [1.807, 2.05) is 6.07 Å². The van der Waals surface area contributed by atoms with Crippen LogP contribution in [0.2, 0.25) is 0 Å². The second kappa shape index (κ2) is 5.64. The molecule has 0 aliphatic heterocycles. The van der Waals surface area contributed by atoms with Gasteiger partial charge in [0.25, 0.3) is 5.56 Å². The Bertz CT molecular complexity index is 760. The third kappa shape index (κ3) is 2.39. The molecule has 1 N–H and O–H groups in total. The number of para-hydroxylation sites is 1. The number of benzene rings is 1. The third-order valence-corrected chi connectivity index (χ3v) is 6.14. The first-order valence-electron chi connectivity index (χ1n) is 7.32. The minimum Gasteiger partial charge on any atom is -0.506 e. The van der Waals surface area contributed by atoms with Gasteiger partial charge in [0.05, 0.1) is 16.3 Å². The van der Waals surface area contributed by atoms with Crippen molar-refractivity contribution >= 4 is 21.7 Å². The lowest BCUT2D eigenvalue weighted by Gasteiger charge is -2.21. The SMILES string of the molecule is Cn1c(=O)c(S(=O)C2CCCCC2)c(O)c2ccccc21. The second-order valence-corrected chi connectivity index (χ2v) is 7.29. The van der Waals surface area contributed by atoms with E-state index in [0.717, 1.165) is 32.1 Å². The van der Waals surface area contributed by atoms with Crippen LogP contribution in [-0.4, -0.2) is 19.1 Å². The van der Waals surface area contributed by atoms with Gasteiger partial charge in [-0.25, -0.2) is 0 Å². The number of rotatable bonds is 2. The molecule has 0 bridgehead atoms. The van der Waals surface area contributed by atoms with Gasteiger partial charge in [-0.05, 0) is 25.0 Å². The first kappa shape index (κ1) is 14.3. The minimum atomic E-state index is -1.44. The fraction of sp³-hybridized carbons (Fsp3) is 0.438. The molecule has 0 radical (unpaired) electrons. The van der Waals surface area contributed by atoms with Crippen LogP contribution in [0.15, 0.2) is 34.0 Å². The third-order valence-electron chi connectivity index (χ3n) is 4.29. The number of hydrogen-bond donors (Lipinski definition) is 1. The van der Waals surface area contributed by atoms with Gasteiger partial charge in [-0.2, -0.15) is 0 Å². The smallest absolute Gasteiger partial charge is 0.270 e. The highest BCUT2D eigenvalue weighted by atomic mass is 32.2. The van der Waals surface area contributed by atoms with Crippen molar-refractivity contribution in [1.82, 2.24) is 4.57 Å². The standard InChI is InChI=1S/C16H19NO3S/c1-17-13-10-6-5-9-12(13)14(18)15(16(17)19)21(20)11-7-3-2-4-8-11/h5-6,9-11,18H,2-4,7-8H2,1H3. The molecular formula is C16H19NO3S. The van der Waals surface area contributed by atoms with Crippen LogP contribution in [0.1, 0.15) is 32.1 Å². The zero-order valence-corrected chi connectivity index (χ0v) is 12.9. The van der Waals surface area contributed by atoms with Crippen molar-refractivity contribution in [3.05, 3.63) is 34.6 Å². The van der Waals surface area contributed by atoms with E-state index < -0.39 is 10.8 Å². The Labute approximate surface area is 125 Å². The summed E-state index contributed by atoms with van der Waals surface area (Å²) in [6.45, 7) is 0. The van der Waals surface area contributed by atoms with Crippen LogP contribution in [0.3, 0.4) is 0 Å². The number of pyridine rings is 1. The zero-order chi connectivity index (χ0) is 15.0. The molecule has 1 atom stereocenters. The molecule has 0 saturated heterocycles. The maximum Gasteiger partial charge on any atom is 0.270 e. The normalized spacial score (nSPS) is 18.0. The molecule has 3 rings (SSSR count). The Kier molecular flexibility index (Phi) is 3.85. The Hall–Kier alpha value is -1.62. The monoisotopic (exact) mass is 305 g/mol. The van der Waals surface area contributed by atoms with E-state index in [4.69, 9.17) is 0 Å². The van der Waals surface area contributed by atoms with Gasteiger partial charge in [0, 0.05) is 17.7 Å². The molecule has 1 saturated carbocycles. The average Bonchev–Trinajstić information content (AvgIpc) is 2.53. The zero-order valence-electron chi connectivity index (χ0n) is 12.0. The van der Waals surface area contributed by atoms with Crippen LogP contribution in [0.4, 0.5) is 0 Å². The van der Waals surface area contributed by atoms with E-state index in [2.05, 4.69) is 0 Å². The maximum atomic E-state index is 12.8. The van der Waals surface area contributed by atoms with Gasteiger partial charge in [-0.1, -0.05) is 31.4 Å². The molecule has 1 fully saturated rings. The molecule has 1 aliphatic rings. The van der Waals surface area contributed by atoms with E-state index in [1.54, 1.807) is 25.2 Å². The van der Waals surface area contributed by atoms with Gasteiger partial charge in [0.1, 0.15) is 10.6 Å². The van der Waals surface area contributed by atoms with Crippen molar-refractivity contribution in [3.8, 4) is 5.75 Å². The molecule has 21 heavy (non-hydrogen) atoms. The van der Waals surface area contributed by atoms with Crippen molar-refractivity contribution in [2.24, 2.45) is 7.05 Å². The fourth-order valence-electron chi connectivity index (χ4n) is 3.08. The van der Waals surface area contributed by atoms with Crippen molar-refractivity contribution in [1.29, 1.82) is 0 Å². The van der Waals surface area contributed by atoms with Crippen LogP contribution >= 0.6 is 0 Å². The van der Waals surface area contributed by atoms with Crippen molar-refractivity contribution < 1.29 is 9.32 Å². The number of fused-ring (bicyclic) bond motifs is 1. The van der Waals surface area contributed by atoms with Gasteiger partial charge >= 0.3 is 0 Å². The van der Waals surface area contributed by atoms with E-state index in [-0.39, 0.29) is 21.5 Å². The number of nitrogens with zero attached hydrogens (tertiary/aromatic N) is 1. The lowest BCUT2D eigenvalue weighted by atomic mass is 10.0. The summed E-state index contributed by atoms with van der Waals surface area (Å²) < 4.78 is 14.3. The van der Waals surface area contributed by atoms with Crippen molar-refractivity contribution in [3.63, 3.8) is 0 Å². The topological polar surface area (TPSA) is 59.3 Å². The molecule has 112 valence electrons. The summed E-state index contributed by atoms with van der Waals surface area (Å²) in [6, 6.07) is 7.16. The Morgan fingerprint density at radius 2 is 1.86 bits per heavy atom. The fourth-order valence-corrected chi connectivity index (χ4v) is 4.78. The molecule has 0 amide bonds. The molecule has 1 aliphatic carbocycles. The summed E-state index contributed by atoms with van der Waals surface area (Å²) in [5.41, 5.74) is 0.305. The van der Waals surface area contributed by atoms with Gasteiger partial charge < -0.3 is 9.67 Å². The van der Waals surface area contributed by atoms with Crippen LogP contribution in [0.25, 0.3) is 10.9 Å². The summed E-state index contributed by atoms with van der Waals surface area (Å²) in [6.07, 6.45) is 4.98. The average molecular weight is 305 g/mol. The Balaban J connectivity index is 2.18. The molecule has 1 heterocycles. The molecular weight excluding hydrogens is 286 g/mol. The Morgan fingerprint density at radius 3 is 2.57 bits per heavy atom. The van der Waals surface area contributed by atoms with E-state index in [0.29, 0.717) is 10.9 Å². The molecule has 2 aromatic rings. The highest BCUT2D eigenvalue weighted by Gasteiger charge is 2.27. The van der Waals surface area contributed by atoms with Crippen molar-refractivity contribution in [2.45, 2.75) is 42.2 Å². The first-order chi connectivity index (χ1) is 10.1. The van der Waals surface area contributed by atoms with Gasteiger partial charge in [-0.3, -0.25) is 9.00 Å². The van der Waals surface area contributed by atoms with Crippen LogP contribution < -0.4 is 5.56 Å². The highest BCUT2D eigenvalue weighted by molar-refractivity contribution is 7.85. The number of hydrogen-bond acceptors (Lipinski definition) is 3. The first-order valence-corrected chi connectivity index (χ1v) is 8.54. The molecule has 1 aromatic carbocycles.